The first-order valence-corrected chi connectivity index (χ1v) is 8.20. The van der Waals surface area contributed by atoms with Gasteiger partial charge in [0.15, 0.2) is 0 Å². The Balaban J connectivity index is 1.60. The van der Waals surface area contributed by atoms with Crippen molar-refractivity contribution >= 4 is 0 Å². The lowest BCUT2D eigenvalue weighted by molar-refractivity contribution is 0.0917. The summed E-state index contributed by atoms with van der Waals surface area (Å²) < 4.78 is 2.26. The summed E-state index contributed by atoms with van der Waals surface area (Å²) in [5.74, 6) is 0.836. The largest absolute Gasteiger partial charge is 0.353 e. The minimum absolute atomic E-state index is 0.720. The molecule has 2 aromatic rings. The van der Waals surface area contributed by atoms with Crippen LogP contribution in [0.25, 0.3) is 0 Å². The summed E-state index contributed by atoms with van der Waals surface area (Å²) in [4.78, 5) is 2.74. The molecule has 0 amide bonds. The number of rotatable bonds is 2. The molecule has 1 fully saturated rings. The molecule has 3 aliphatic rings. The Morgan fingerprint density at radius 2 is 1.81 bits per heavy atom. The lowest BCUT2D eigenvalue weighted by Gasteiger charge is -2.42. The van der Waals surface area contributed by atoms with Crippen molar-refractivity contribution in [3.63, 3.8) is 0 Å². The number of benzene rings is 1. The number of aryl methyl sites for hydroxylation is 1. The first kappa shape index (κ1) is 13.1. The molecule has 2 nitrogen and oxygen atoms in total. The van der Waals surface area contributed by atoms with Crippen LogP contribution in [0.15, 0.2) is 42.6 Å². The van der Waals surface area contributed by atoms with E-state index in [0.717, 1.165) is 18.5 Å². The van der Waals surface area contributed by atoms with Crippen LogP contribution in [0.5, 0.6) is 0 Å². The van der Waals surface area contributed by atoms with Gasteiger partial charge < -0.3 is 4.57 Å². The summed E-state index contributed by atoms with van der Waals surface area (Å²) in [6.45, 7) is 2.37. The summed E-state index contributed by atoms with van der Waals surface area (Å²) in [5, 5.41) is 0. The maximum atomic E-state index is 2.74. The van der Waals surface area contributed by atoms with E-state index in [2.05, 4.69) is 59.1 Å². The van der Waals surface area contributed by atoms with Crippen LogP contribution in [0.3, 0.4) is 0 Å². The molecule has 0 unspecified atom stereocenters. The Morgan fingerprint density at radius 3 is 2.57 bits per heavy atom. The maximum absolute atomic E-state index is 2.74. The summed E-state index contributed by atoms with van der Waals surface area (Å²) >= 11 is 0. The third-order valence-corrected chi connectivity index (χ3v) is 5.42. The Morgan fingerprint density at radius 1 is 1.00 bits per heavy atom. The second-order valence-electron chi connectivity index (χ2n) is 6.81. The summed E-state index contributed by atoms with van der Waals surface area (Å²) in [6.07, 6.45) is 7.43. The molecule has 5 rings (SSSR count). The smallest absolute Gasteiger partial charge is 0.0390 e. The van der Waals surface area contributed by atoms with Crippen molar-refractivity contribution in [1.82, 2.24) is 9.47 Å². The van der Waals surface area contributed by atoms with Gasteiger partial charge in [0.05, 0.1) is 0 Å². The molecule has 0 spiro atoms. The van der Waals surface area contributed by atoms with Gasteiger partial charge in [-0.05, 0) is 54.9 Å². The topological polar surface area (TPSA) is 8.17 Å². The number of piperidine rings is 1. The van der Waals surface area contributed by atoms with Gasteiger partial charge in [-0.1, -0.05) is 24.3 Å². The zero-order valence-electron chi connectivity index (χ0n) is 12.8. The first-order valence-electron chi connectivity index (χ1n) is 8.20. The molecule has 110 valence electrons. The van der Waals surface area contributed by atoms with Crippen molar-refractivity contribution < 1.29 is 0 Å². The van der Waals surface area contributed by atoms with E-state index in [1.165, 1.54) is 37.9 Å². The predicted molar refractivity (Wildman–Crippen MR) is 86.2 cm³/mol. The van der Waals surface area contributed by atoms with Gasteiger partial charge >= 0.3 is 0 Å². The minimum atomic E-state index is 0.720. The second-order valence-corrected chi connectivity index (χ2v) is 6.81. The molecule has 1 aliphatic carbocycles. The molecule has 0 radical (unpaired) electrons. The van der Waals surface area contributed by atoms with Gasteiger partial charge in [0, 0.05) is 38.1 Å². The van der Waals surface area contributed by atoms with Crippen molar-refractivity contribution in [2.45, 2.75) is 38.3 Å². The summed E-state index contributed by atoms with van der Waals surface area (Å²) in [6, 6.07) is 14.2. The SMILES string of the molecule is Cn1cccc1CN1C[C@H]2CC[C@@H]1Cc1ccccc1C2. The molecule has 1 aromatic carbocycles. The highest BCUT2D eigenvalue weighted by atomic mass is 15.2. The Bertz CT molecular complexity index is 628. The Labute approximate surface area is 127 Å². The van der Waals surface area contributed by atoms with Crippen LogP contribution >= 0.6 is 0 Å². The van der Waals surface area contributed by atoms with Crippen molar-refractivity contribution in [3.05, 3.63) is 59.4 Å². The van der Waals surface area contributed by atoms with E-state index in [1.807, 2.05) is 0 Å². The van der Waals surface area contributed by atoms with Gasteiger partial charge in [-0.25, -0.2) is 0 Å². The van der Waals surface area contributed by atoms with E-state index >= 15 is 0 Å². The van der Waals surface area contributed by atoms with E-state index in [-0.39, 0.29) is 0 Å². The molecule has 2 aliphatic heterocycles. The van der Waals surface area contributed by atoms with Crippen LogP contribution in [0.4, 0.5) is 0 Å². The Kier molecular flexibility index (Phi) is 3.34. The number of fused-ring (bicyclic) bond motifs is 2. The third kappa shape index (κ3) is 2.53. The van der Waals surface area contributed by atoms with Crippen LogP contribution in [-0.2, 0) is 26.4 Å². The highest BCUT2D eigenvalue weighted by molar-refractivity contribution is 5.30. The molecule has 21 heavy (non-hydrogen) atoms. The Hall–Kier alpha value is -1.54. The summed E-state index contributed by atoms with van der Waals surface area (Å²) in [5.41, 5.74) is 4.63. The van der Waals surface area contributed by atoms with Gasteiger partial charge in [-0.3, -0.25) is 4.90 Å². The first-order chi connectivity index (χ1) is 10.3. The molecule has 2 heteroatoms. The minimum Gasteiger partial charge on any atom is -0.353 e. The van der Waals surface area contributed by atoms with Crippen LogP contribution in [-0.4, -0.2) is 22.1 Å². The second kappa shape index (κ2) is 5.34. The van der Waals surface area contributed by atoms with E-state index in [9.17, 15) is 0 Å². The van der Waals surface area contributed by atoms with Crippen LogP contribution in [0.1, 0.15) is 29.7 Å². The van der Waals surface area contributed by atoms with Gasteiger partial charge in [0.2, 0.25) is 0 Å². The van der Waals surface area contributed by atoms with Crippen molar-refractivity contribution in [1.29, 1.82) is 0 Å². The average Bonchev–Trinajstić information content (AvgIpc) is 2.85. The highest BCUT2D eigenvalue weighted by Crippen LogP contribution is 2.32. The molecule has 0 N–H and O–H groups in total. The quantitative estimate of drug-likeness (QED) is 0.818. The van der Waals surface area contributed by atoms with Gasteiger partial charge in [0.1, 0.15) is 0 Å². The van der Waals surface area contributed by atoms with Crippen LogP contribution < -0.4 is 0 Å². The zero-order valence-corrected chi connectivity index (χ0v) is 12.8. The van der Waals surface area contributed by atoms with E-state index in [1.54, 1.807) is 11.1 Å². The molecular weight excluding hydrogens is 256 g/mol. The molecule has 1 saturated heterocycles. The summed E-state index contributed by atoms with van der Waals surface area (Å²) in [7, 11) is 2.16. The maximum Gasteiger partial charge on any atom is 0.0390 e. The van der Waals surface area contributed by atoms with Crippen LogP contribution in [0, 0.1) is 5.92 Å². The monoisotopic (exact) mass is 280 g/mol. The van der Waals surface area contributed by atoms with Crippen molar-refractivity contribution in [2.24, 2.45) is 13.0 Å². The molecule has 0 saturated carbocycles. The number of hydrogen-bond donors (Lipinski definition) is 0. The van der Waals surface area contributed by atoms with Gasteiger partial charge in [0.25, 0.3) is 0 Å². The van der Waals surface area contributed by atoms with Crippen molar-refractivity contribution in [2.75, 3.05) is 6.54 Å². The third-order valence-electron chi connectivity index (χ3n) is 5.42. The van der Waals surface area contributed by atoms with E-state index in [0.29, 0.717) is 0 Å². The molecule has 2 bridgehead atoms. The zero-order chi connectivity index (χ0) is 14.2. The van der Waals surface area contributed by atoms with Crippen LogP contribution in [0.2, 0.25) is 0 Å². The van der Waals surface area contributed by atoms with E-state index < -0.39 is 0 Å². The molecule has 1 aromatic heterocycles. The number of nitrogens with zero attached hydrogens (tertiary/aromatic N) is 2. The fourth-order valence-corrected chi connectivity index (χ4v) is 4.16. The fourth-order valence-electron chi connectivity index (χ4n) is 4.16. The molecule has 2 atom stereocenters. The van der Waals surface area contributed by atoms with Gasteiger partial charge in [-0.2, -0.15) is 0 Å². The lowest BCUT2D eigenvalue weighted by atomic mass is 9.80. The normalized spacial score (nSPS) is 25.4. The predicted octanol–water partition coefficient (Wildman–Crippen LogP) is 3.40. The highest BCUT2D eigenvalue weighted by Gasteiger charge is 2.31. The van der Waals surface area contributed by atoms with E-state index in [4.69, 9.17) is 0 Å². The van der Waals surface area contributed by atoms with Gasteiger partial charge in [-0.15, -0.1) is 0 Å². The molecular formula is C19H24N2. The number of hydrogen-bond acceptors (Lipinski definition) is 1. The van der Waals surface area contributed by atoms with Crippen molar-refractivity contribution in [3.8, 4) is 0 Å². The lowest BCUT2D eigenvalue weighted by Crippen LogP contribution is -2.46. The fraction of sp³-hybridized carbons (Fsp3) is 0.474. The molecule has 3 heterocycles. The standard InChI is InChI=1S/C19H24N2/c1-20-10-4-7-19(20)14-21-13-15-8-9-18(21)12-17-6-3-2-5-16(17)11-15/h2-7,10,15,18H,8-9,11-14H2,1H3/t15-,18+/m0/s1. The average molecular weight is 280 g/mol. The number of aromatic nitrogens is 1.